The first kappa shape index (κ1) is 20.3. The van der Waals surface area contributed by atoms with Gasteiger partial charge >= 0.3 is 0 Å². The first-order chi connectivity index (χ1) is 10.4. The Morgan fingerprint density at radius 1 is 1.26 bits per heavy atom. The number of aryl methyl sites for hydroxylation is 2. The summed E-state index contributed by atoms with van der Waals surface area (Å²) in [5, 5.41) is 6.72. The van der Waals surface area contributed by atoms with Crippen molar-refractivity contribution in [1.29, 1.82) is 0 Å². The summed E-state index contributed by atoms with van der Waals surface area (Å²) < 4.78 is 5.58. The van der Waals surface area contributed by atoms with Crippen molar-refractivity contribution < 1.29 is 4.42 Å². The van der Waals surface area contributed by atoms with Crippen molar-refractivity contribution in [3.05, 3.63) is 17.3 Å². The minimum absolute atomic E-state index is 0. The summed E-state index contributed by atoms with van der Waals surface area (Å²) in [5.74, 6) is 3.20. The molecule has 0 aromatic carbocycles. The van der Waals surface area contributed by atoms with Gasteiger partial charge in [0.2, 0.25) is 5.89 Å². The lowest BCUT2D eigenvalue weighted by Gasteiger charge is -2.32. The second-order valence-corrected chi connectivity index (χ2v) is 7.00. The number of hydrogen-bond donors (Lipinski definition) is 2. The molecule has 0 radical (unpaired) electrons. The van der Waals surface area contributed by atoms with Gasteiger partial charge in [-0.25, -0.2) is 4.98 Å². The van der Waals surface area contributed by atoms with Gasteiger partial charge in [0.15, 0.2) is 5.96 Å². The maximum absolute atomic E-state index is 5.58. The van der Waals surface area contributed by atoms with E-state index in [0.29, 0.717) is 17.9 Å². The lowest BCUT2D eigenvalue weighted by molar-refractivity contribution is 0.218. The Bertz CT molecular complexity index is 499. The van der Waals surface area contributed by atoms with Gasteiger partial charge in [-0.15, -0.1) is 24.0 Å². The number of oxazole rings is 1. The van der Waals surface area contributed by atoms with E-state index in [4.69, 9.17) is 4.42 Å². The molecule has 0 atom stereocenters. The summed E-state index contributed by atoms with van der Waals surface area (Å²) in [6, 6.07) is 0. The number of aromatic nitrogens is 1. The summed E-state index contributed by atoms with van der Waals surface area (Å²) in [7, 11) is 1.80. The SMILES string of the molecule is CN=C(NCc1nc(C)c(C)o1)NCC(C)(C)C1CCCC1.I. The number of nitrogens with zero attached hydrogens (tertiary/aromatic N) is 2. The van der Waals surface area contributed by atoms with Crippen LogP contribution in [0.2, 0.25) is 0 Å². The van der Waals surface area contributed by atoms with E-state index in [1.165, 1.54) is 25.7 Å². The zero-order chi connectivity index (χ0) is 16.2. The zero-order valence-corrected chi connectivity index (χ0v) is 17.4. The van der Waals surface area contributed by atoms with E-state index in [9.17, 15) is 0 Å². The topological polar surface area (TPSA) is 62.5 Å². The molecule has 0 bridgehead atoms. The van der Waals surface area contributed by atoms with Crippen LogP contribution in [-0.2, 0) is 6.54 Å². The first-order valence-corrected chi connectivity index (χ1v) is 8.30. The highest BCUT2D eigenvalue weighted by molar-refractivity contribution is 14.0. The van der Waals surface area contributed by atoms with Gasteiger partial charge in [0.05, 0.1) is 12.2 Å². The highest BCUT2D eigenvalue weighted by Gasteiger charge is 2.31. The molecule has 1 aliphatic rings. The molecule has 1 saturated carbocycles. The molecule has 0 amide bonds. The van der Waals surface area contributed by atoms with Gasteiger partial charge in [-0.05, 0) is 38.0 Å². The summed E-state index contributed by atoms with van der Waals surface area (Å²) in [4.78, 5) is 8.66. The Morgan fingerprint density at radius 2 is 1.91 bits per heavy atom. The molecule has 1 aromatic heterocycles. The number of rotatable bonds is 5. The van der Waals surface area contributed by atoms with Crippen LogP contribution >= 0.6 is 24.0 Å². The summed E-state index contributed by atoms with van der Waals surface area (Å²) in [5.41, 5.74) is 1.24. The molecule has 5 nitrogen and oxygen atoms in total. The number of guanidine groups is 1. The number of halogens is 1. The highest BCUT2D eigenvalue weighted by atomic mass is 127. The Morgan fingerprint density at radius 3 is 2.43 bits per heavy atom. The van der Waals surface area contributed by atoms with E-state index >= 15 is 0 Å². The van der Waals surface area contributed by atoms with Crippen molar-refractivity contribution in [3.8, 4) is 0 Å². The predicted molar refractivity (Wildman–Crippen MR) is 105 cm³/mol. The predicted octanol–water partition coefficient (Wildman–Crippen LogP) is 3.79. The lowest BCUT2D eigenvalue weighted by Crippen LogP contribution is -2.43. The molecule has 2 rings (SSSR count). The van der Waals surface area contributed by atoms with E-state index in [1.807, 2.05) is 13.8 Å². The molecule has 6 heteroatoms. The van der Waals surface area contributed by atoms with Gasteiger partial charge in [0.1, 0.15) is 5.76 Å². The smallest absolute Gasteiger partial charge is 0.214 e. The zero-order valence-electron chi connectivity index (χ0n) is 15.0. The fraction of sp³-hybridized carbons (Fsp3) is 0.765. The van der Waals surface area contributed by atoms with Crippen molar-refractivity contribution in [1.82, 2.24) is 15.6 Å². The standard InChI is InChI=1S/C17H30N4O.HI/c1-12-13(2)22-15(21-12)10-19-16(18-5)20-11-17(3,4)14-8-6-7-9-14;/h14H,6-11H2,1-5H3,(H2,18,19,20);1H. The second-order valence-electron chi connectivity index (χ2n) is 7.00. The molecule has 132 valence electrons. The van der Waals surface area contributed by atoms with Crippen molar-refractivity contribution in [2.75, 3.05) is 13.6 Å². The van der Waals surface area contributed by atoms with Crippen LogP contribution in [0.15, 0.2) is 9.41 Å². The van der Waals surface area contributed by atoms with E-state index in [0.717, 1.165) is 29.9 Å². The third-order valence-electron chi connectivity index (χ3n) is 4.88. The molecule has 0 saturated heterocycles. The van der Waals surface area contributed by atoms with E-state index in [-0.39, 0.29) is 24.0 Å². The number of nitrogens with one attached hydrogen (secondary N) is 2. The Labute approximate surface area is 157 Å². The minimum Gasteiger partial charge on any atom is -0.444 e. The normalized spacial score (nSPS) is 16.3. The van der Waals surface area contributed by atoms with Crippen LogP contribution < -0.4 is 10.6 Å². The molecule has 1 aliphatic carbocycles. The van der Waals surface area contributed by atoms with E-state index in [1.54, 1.807) is 7.05 Å². The average Bonchev–Trinajstić information content (AvgIpc) is 3.10. The third kappa shape index (κ3) is 5.65. The van der Waals surface area contributed by atoms with E-state index in [2.05, 4.69) is 34.5 Å². The Kier molecular flexibility index (Phi) is 7.83. The van der Waals surface area contributed by atoms with Crippen molar-refractivity contribution in [2.24, 2.45) is 16.3 Å². The molecule has 0 spiro atoms. The maximum atomic E-state index is 5.58. The van der Waals surface area contributed by atoms with Crippen molar-refractivity contribution >= 4 is 29.9 Å². The molecule has 0 unspecified atom stereocenters. The largest absolute Gasteiger partial charge is 0.444 e. The second kappa shape index (κ2) is 8.89. The van der Waals surface area contributed by atoms with Gasteiger partial charge in [0.25, 0.3) is 0 Å². The first-order valence-electron chi connectivity index (χ1n) is 8.30. The van der Waals surface area contributed by atoms with Crippen LogP contribution in [-0.4, -0.2) is 24.5 Å². The Balaban J connectivity index is 0.00000264. The number of aliphatic imine (C=N–C) groups is 1. The van der Waals surface area contributed by atoms with Gasteiger partial charge in [-0.3, -0.25) is 4.99 Å². The van der Waals surface area contributed by atoms with Crippen molar-refractivity contribution in [3.63, 3.8) is 0 Å². The summed E-state index contributed by atoms with van der Waals surface area (Å²) >= 11 is 0. The van der Waals surface area contributed by atoms with Crippen LogP contribution in [0.3, 0.4) is 0 Å². The molecule has 1 heterocycles. The van der Waals surface area contributed by atoms with Crippen LogP contribution in [0.4, 0.5) is 0 Å². The van der Waals surface area contributed by atoms with Gasteiger partial charge in [-0.2, -0.15) is 0 Å². The minimum atomic E-state index is 0. The van der Waals surface area contributed by atoms with Crippen LogP contribution in [0.5, 0.6) is 0 Å². The molecule has 1 aromatic rings. The van der Waals surface area contributed by atoms with Crippen molar-refractivity contribution in [2.45, 2.75) is 59.9 Å². The van der Waals surface area contributed by atoms with Crippen LogP contribution in [0.25, 0.3) is 0 Å². The monoisotopic (exact) mass is 434 g/mol. The third-order valence-corrected chi connectivity index (χ3v) is 4.88. The Hall–Kier alpha value is -0.790. The average molecular weight is 434 g/mol. The molecule has 1 fully saturated rings. The lowest BCUT2D eigenvalue weighted by atomic mass is 9.78. The molecular weight excluding hydrogens is 403 g/mol. The molecular formula is C17H31IN4O. The molecule has 2 N–H and O–H groups in total. The van der Waals surface area contributed by atoms with Crippen LogP contribution in [0.1, 0.15) is 56.9 Å². The number of hydrogen-bond acceptors (Lipinski definition) is 3. The van der Waals surface area contributed by atoms with Gasteiger partial charge < -0.3 is 15.1 Å². The van der Waals surface area contributed by atoms with E-state index < -0.39 is 0 Å². The fourth-order valence-corrected chi connectivity index (χ4v) is 3.16. The van der Waals surface area contributed by atoms with Gasteiger partial charge in [0, 0.05) is 13.6 Å². The van der Waals surface area contributed by atoms with Crippen LogP contribution in [0, 0.1) is 25.2 Å². The summed E-state index contributed by atoms with van der Waals surface area (Å²) in [6.45, 7) is 10.1. The quantitative estimate of drug-likeness (QED) is 0.421. The highest BCUT2D eigenvalue weighted by Crippen LogP contribution is 2.38. The molecule has 0 aliphatic heterocycles. The molecule has 23 heavy (non-hydrogen) atoms. The maximum Gasteiger partial charge on any atom is 0.214 e. The van der Waals surface area contributed by atoms with Gasteiger partial charge in [-0.1, -0.05) is 26.7 Å². The summed E-state index contributed by atoms with van der Waals surface area (Å²) in [6.07, 6.45) is 5.47. The fourth-order valence-electron chi connectivity index (χ4n) is 3.16.